The molecule has 0 aromatic heterocycles. The highest BCUT2D eigenvalue weighted by atomic mass is 16.2. The Hall–Kier alpha value is -2.47. The minimum Gasteiger partial charge on any atom is -0.331 e. The molecule has 2 aliphatic rings. The van der Waals surface area contributed by atoms with Crippen molar-refractivity contribution < 1.29 is 14.4 Å². The van der Waals surface area contributed by atoms with Gasteiger partial charge >= 0.3 is 6.03 Å². The van der Waals surface area contributed by atoms with Crippen LogP contribution in [0.15, 0.2) is 35.9 Å². The van der Waals surface area contributed by atoms with Gasteiger partial charge in [0.05, 0.1) is 5.57 Å². The highest BCUT2D eigenvalue weighted by Gasteiger charge is 2.31. The number of unbranched alkanes of at least 4 members (excludes halogenated alkanes) is 1. The topological polar surface area (TPSA) is 60.9 Å². The van der Waals surface area contributed by atoms with Crippen LogP contribution in [0.3, 0.4) is 0 Å². The molecule has 2 amide bonds. The van der Waals surface area contributed by atoms with Crippen LogP contribution in [0.5, 0.6) is 0 Å². The first kappa shape index (κ1) is 22.2. The van der Waals surface area contributed by atoms with Crippen LogP contribution in [0.4, 0.5) is 4.79 Å². The molecule has 0 radical (unpaired) electrons. The molecule has 0 N–H and O–H groups in total. The molecule has 2 fully saturated rings. The molecule has 1 heterocycles. The van der Waals surface area contributed by atoms with Gasteiger partial charge in [0.15, 0.2) is 11.6 Å². The molecule has 0 atom stereocenters. The number of hydrogen-bond acceptors (Lipinski definition) is 4. The summed E-state index contributed by atoms with van der Waals surface area (Å²) >= 11 is 0. The second kappa shape index (κ2) is 10.0. The fraction of sp³-hybridized carbons (Fsp3) is 0.542. The molecule has 0 unspecified atom stereocenters. The first-order chi connectivity index (χ1) is 14.3. The number of nitrogens with zero attached hydrogens (tertiary/aromatic N) is 3. The summed E-state index contributed by atoms with van der Waals surface area (Å²) in [4.78, 5) is 43.0. The Morgan fingerprint density at radius 3 is 2.20 bits per heavy atom. The number of carbonyl (C=O) groups excluding carboxylic acids is 3. The van der Waals surface area contributed by atoms with Gasteiger partial charge in [-0.05, 0) is 37.8 Å². The zero-order chi connectivity index (χ0) is 21.7. The van der Waals surface area contributed by atoms with E-state index in [0.29, 0.717) is 18.4 Å². The summed E-state index contributed by atoms with van der Waals surface area (Å²) in [6.45, 7) is 6.18. The molecule has 1 aliphatic carbocycles. The van der Waals surface area contributed by atoms with Crippen molar-refractivity contribution in [1.29, 1.82) is 0 Å². The second-order valence-electron chi connectivity index (χ2n) is 8.63. The highest BCUT2D eigenvalue weighted by Crippen LogP contribution is 2.31. The minimum absolute atomic E-state index is 0.00363. The first-order valence-electron chi connectivity index (χ1n) is 10.9. The lowest BCUT2D eigenvalue weighted by atomic mass is 9.79. The summed E-state index contributed by atoms with van der Waals surface area (Å²) in [6, 6.07) is 8.19. The van der Waals surface area contributed by atoms with Crippen molar-refractivity contribution in [2.45, 2.75) is 38.5 Å². The molecule has 1 aliphatic heterocycles. The van der Waals surface area contributed by atoms with Gasteiger partial charge in [-0.1, -0.05) is 35.9 Å². The molecule has 1 saturated heterocycles. The van der Waals surface area contributed by atoms with Crippen LogP contribution >= 0.6 is 0 Å². The van der Waals surface area contributed by atoms with Gasteiger partial charge in [-0.15, -0.1) is 0 Å². The average Bonchev–Trinajstić information content (AvgIpc) is 2.73. The lowest BCUT2D eigenvalue weighted by molar-refractivity contribution is -0.124. The molecule has 0 spiro atoms. The third-order valence-corrected chi connectivity index (χ3v) is 6.07. The van der Waals surface area contributed by atoms with Gasteiger partial charge in [0, 0.05) is 53.1 Å². The van der Waals surface area contributed by atoms with Crippen LogP contribution < -0.4 is 0 Å². The van der Waals surface area contributed by atoms with Crippen LogP contribution in [0.1, 0.15) is 42.7 Å². The van der Waals surface area contributed by atoms with Crippen LogP contribution in [-0.2, 0) is 9.59 Å². The molecule has 1 aromatic carbocycles. The first-order valence-corrected chi connectivity index (χ1v) is 10.9. The van der Waals surface area contributed by atoms with Crippen LogP contribution in [0.2, 0.25) is 0 Å². The number of carbonyl (C=O) groups is 3. The van der Waals surface area contributed by atoms with Gasteiger partial charge in [0.25, 0.3) is 0 Å². The third kappa shape index (κ3) is 5.57. The highest BCUT2D eigenvalue weighted by molar-refractivity contribution is 6.22. The molecule has 6 heteroatoms. The molecular weight excluding hydrogens is 378 g/mol. The number of urea groups is 1. The van der Waals surface area contributed by atoms with E-state index in [9.17, 15) is 14.4 Å². The number of aryl methyl sites for hydroxylation is 1. The van der Waals surface area contributed by atoms with E-state index in [4.69, 9.17) is 0 Å². The Morgan fingerprint density at radius 2 is 1.63 bits per heavy atom. The Morgan fingerprint density at radius 1 is 1.03 bits per heavy atom. The maximum atomic E-state index is 12.6. The maximum Gasteiger partial charge on any atom is 0.319 e. The normalized spacial score (nSPS) is 20.4. The number of Topliss-reactive ketones (excluding diaryl/α,β-unsaturated/α-hetero) is 2. The van der Waals surface area contributed by atoms with Gasteiger partial charge in [0.2, 0.25) is 0 Å². The molecule has 3 rings (SSSR count). The summed E-state index contributed by atoms with van der Waals surface area (Å²) in [5.74, 6) is -0.0378. The monoisotopic (exact) mass is 411 g/mol. The molecule has 1 aromatic rings. The smallest absolute Gasteiger partial charge is 0.319 e. The fourth-order valence-corrected chi connectivity index (χ4v) is 4.20. The number of hydrogen-bond donors (Lipinski definition) is 0. The average molecular weight is 412 g/mol. The van der Waals surface area contributed by atoms with Gasteiger partial charge in [-0.2, -0.15) is 0 Å². The van der Waals surface area contributed by atoms with E-state index >= 15 is 0 Å². The maximum absolute atomic E-state index is 12.6. The second-order valence-corrected chi connectivity index (χ2v) is 8.63. The zero-order valence-corrected chi connectivity index (χ0v) is 18.4. The SMILES string of the molecule is Cc1ccc(C2CC(=O)C(=CCCCN3CCN(C(=O)N(C)C)CC3)C(=O)C2)cc1. The molecular formula is C24H33N3O3. The number of piperazine rings is 1. The summed E-state index contributed by atoms with van der Waals surface area (Å²) in [5.41, 5.74) is 2.66. The lowest BCUT2D eigenvalue weighted by Crippen LogP contribution is -2.51. The molecule has 0 bridgehead atoms. The summed E-state index contributed by atoms with van der Waals surface area (Å²) in [6.07, 6.45) is 4.33. The molecule has 162 valence electrons. The van der Waals surface area contributed by atoms with Gasteiger partial charge < -0.3 is 9.80 Å². The van der Waals surface area contributed by atoms with E-state index in [1.165, 1.54) is 5.56 Å². The van der Waals surface area contributed by atoms with Gasteiger partial charge in [-0.3, -0.25) is 14.5 Å². The summed E-state index contributed by atoms with van der Waals surface area (Å²) < 4.78 is 0. The van der Waals surface area contributed by atoms with E-state index in [0.717, 1.165) is 51.1 Å². The molecule has 30 heavy (non-hydrogen) atoms. The van der Waals surface area contributed by atoms with E-state index in [-0.39, 0.29) is 23.5 Å². The molecule has 1 saturated carbocycles. The van der Waals surface area contributed by atoms with Gasteiger partial charge in [0.1, 0.15) is 0 Å². The number of benzene rings is 1. The number of ketones is 2. The van der Waals surface area contributed by atoms with Crippen LogP contribution in [0, 0.1) is 6.92 Å². The standard InChI is InChI=1S/C24H33N3O3/c1-18-7-9-19(10-8-18)20-16-22(28)21(23(29)17-20)6-4-5-11-26-12-14-27(15-13-26)24(30)25(2)3/h6-10,20H,4-5,11-17H2,1-3H3. The van der Waals surface area contributed by atoms with Crippen molar-refractivity contribution in [3.8, 4) is 0 Å². The largest absolute Gasteiger partial charge is 0.331 e. The van der Waals surface area contributed by atoms with Gasteiger partial charge in [-0.25, -0.2) is 4.79 Å². The van der Waals surface area contributed by atoms with E-state index in [1.807, 2.05) is 42.2 Å². The predicted octanol–water partition coefficient (Wildman–Crippen LogP) is 3.02. The Bertz CT molecular complexity index is 785. The Balaban J connectivity index is 1.43. The van der Waals surface area contributed by atoms with E-state index in [1.54, 1.807) is 19.0 Å². The summed E-state index contributed by atoms with van der Waals surface area (Å²) in [5, 5.41) is 0. The summed E-state index contributed by atoms with van der Waals surface area (Å²) in [7, 11) is 3.55. The number of allylic oxidation sites excluding steroid dienone is 2. The quantitative estimate of drug-likeness (QED) is 0.425. The van der Waals surface area contributed by atoms with Crippen molar-refractivity contribution >= 4 is 17.6 Å². The van der Waals surface area contributed by atoms with Crippen LogP contribution in [-0.4, -0.2) is 79.1 Å². The zero-order valence-electron chi connectivity index (χ0n) is 18.4. The Labute approximate surface area is 179 Å². The Kier molecular flexibility index (Phi) is 7.43. The third-order valence-electron chi connectivity index (χ3n) is 6.07. The van der Waals surface area contributed by atoms with Crippen molar-refractivity contribution in [3.05, 3.63) is 47.0 Å². The van der Waals surface area contributed by atoms with Crippen molar-refractivity contribution in [1.82, 2.24) is 14.7 Å². The van der Waals surface area contributed by atoms with Crippen molar-refractivity contribution in [2.24, 2.45) is 0 Å². The lowest BCUT2D eigenvalue weighted by Gasteiger charge is -2.35. The predicted molar refractivity (Wildman–Crippen MR) is 118 cm³/mol. The van der Waals surface area contributed by atoms with Crippen LogP contribution in [0.25, 0.3) is 0 Å². The number of amides is 2. The van der Waals surface area contributed by atoms with E-state index in [2.05, 4.69) is 4.90 Å². The van der Waals surface area contributed by atoms with E-state index < -0.39 is 0 Å². The minimum atomic E-state index is -0.0207. The number of rotatable bonds is 5. The van der Waals surface area contributed by atoms with Crippen molar-refractivity contribution in [3.63, 3.8) is 0 Å². The molecule has 6 nitrogen and oxygen atoms in total. The fourth-order valence-electron chi connectivity index (χ4n) is 4.20. The van der Waals surface area contributed by atoms with Crippen molar-refractivity contribution in [2.75, 3.05) is 46.8 Å².